The van der Waals surface area contributed by atoms with Crippen molar-refractivity contribution in [1.29, 1.82) is 0 Å². The van der Waals surface area contributed by atoms with Crippen molar-refractivity contribution in [2.45, 2.75) is 91.8 Å². The lowest BCUT2D eigenvalue weighted by Crippen LogP contribution is -2.48. The molecule has 0 saturated carbocycles. The van der Waals surface area contributed by atoms with Crippen LogP contribution in [0.25, 0.3) is 0 Å². The first-order valence-corrected chi connectivity index (χ1v) is 9.40. The van der Waals surface area contributed by atoms with E-state index in [2.05, 4.69) is 70.8 Å². The first kappa shape index (κ1) is 18.3. The molecule has 0 unspecified atom stereocenters. The minimum absolute atomic E-state index is 0.256. The SMILES string of the molecule is CCCCN1c2cc(C)c(CNC(C)C)cc2[C@H](C)CC1(C)C. The quantitative estimate of drug-likeness (QED) is 0.757. The van der Waals surface area contributed by atoms with Gasteiger partial charge in [-0.25, -0.2) is 0 Å². The van der Waals surface area contributed by atoms with E-state index in [9.17, 15) is 0 Å². The molecule has 1 aromatic rings. The summed E-state index contributed by atoms with van der Waals surface area (Å²) in [5, 5.41) is 3.57. The van der Waals surface area contributed by atoms with Crippen LogP contribution in [0.15, 0.2) is 12.1 Å². The molecule has 0 amide bonds. The van der Waals surface area contributed by atoms with Crippen molar-refractivity contribution in [3.8, 4) is 0 Å². The van der Waals surface area contributed by atoms with Gasteiger partial charge in [0.15, 0.2) is 0 Å². The summed E-state index contributed by atoms with van der Waals surface area (Å²) in [6.07, 6.45) is 3.77. The monoisotopic (exact) mass is 316 g/mol. The van der Waals surface area contributed by atoms with Crippen LogP contribution in [0.3, 0.4) is 0 Å². The van der Waals surface area contributed by atoms with Gasteiger partial charge in [0.25, 0.3) is 0 Å². The van der Waals surface area contributed by atoms with Crippen LogP contribution >= 0.6 is 0 Å². The summed E-state index contributed by atoms with van der Waals surface area (Å²) in [6, 6.07) is 5.45. The van der Waals surface area contributed by atoms with Crippen LogP contribution in [-0.2, 0) is 6.54 Å². The number of nitrogens with zero attached hydrogens (tertiary/aromatic N) is 1. The summed E-state index contributed by atoms with van der Waals surface area (Å²) < 4.78 is 0. The maximum absolute atomic E-state index is 3.57. The van der Waals surface area contributed by atoms with Crippen LogP contribution in [0.2, 0.25) is 0 Å². The first-order chi connectivity index (χ1) is 10.8. The molecular weight excluding hydrogens is 280 g/mol. The van der Waals surface area contributed by atoms with Gasteiger partial charge in [-0.2, -0.15) is 0 Å². The third kappa shape index (κ3) is 4.09. The summed E-state index contributed by atoms with van der Waals surface area (Å²) in [7, 11) is 0. The zero-order valence-electron chi connectivity index (χ0n) is 16.3. The van der Waals surface area contributed by atoms with Crippen LogP contribution in [0.1, 0.15) is 83.4 Å². The molecule has 0 aliphatic carbocycles. The fourth-order valence-electron chi connectivity index (χ4n) is 3.92. The smallest absolute Gasteiger partial charge is 0.0408 e. The van der Waals surface area contributed by atoms with Crippen molar-refractivity contribution in [1.82, 2.24) is 5.32 Å². The lowest BCUT2D eigenvalue weighted by molar-refractivity contribution is 0.373. The van der Waals surface area contributed by atoms with E-state index in [-0.39, 0.29) is 5.54 Å². The minimum Gasteiger partial charge on any atom is -0.366 e. The second-order valence-corrected chi connectivity index (χ2v) is 8.30. The Hall–Kier alpha value is -1.02. The van der Waals surface area contributed by atoms with Gasteiger partial charge in [0.05, 0.1) is 0 Å². The van der Waals surface area contributed by atoms with Gasteiger partial charge in [-0.1, -0.05) is 40.2 Å². The van der Waals surface area contributed by atoms with Crippen molar-refractivity contribution in [2.75, 3.05) is 11.4 Å². The molecule has 1 aliphatic rings. The molecule has 1 heterocycles. The van der Waals surface area contributed by atoms with Gasteiger partial charge in [-0.05, 0) is 62.3 Å². The molecule has 1 aliphatic heterocycles. The highest BCUT2D eigenvalue weighted by Crippen LogP contribution is 2.44. The lowest BCUT2D eigenvalue weighted by Gasteiger charge is -2.48. The molecule has 0 aromatic heterocycles. The van der Waals surface area contributed by atoms with E-state index >= 15 is 0 Å². The summed E-state index contributed by atoms with van der Waals surface area (Å²) in [4.78, 5) is 2.67. The number of nitrogens with one attached hydrogen (secondary N) is 1. The van der Waals surface area contributed by atoms with Gasteiger partial charge in [0.1, 0.15) is 0 Å². The Morgan fingerprint density at radius 3 is 2.61 bits per heavy atom. The van der Waals surface area contributed by atoms with Crippen molar-refractivity contribution in [3.05, 3.63) is 28.8 Å². The fraction of sp³-hybridized carbons (Fsp3) is 0.714. The molecule has 0 radical (unpaired) electrons. The topological polar surface area (TPSA) is 15.3 Å². The Labute approximate surface area is 143 Å². The van der Waals surface area contributed by atoms with Crippen molar-refractivity contribution in [2.24, 2.45) is 0 Å². The molecule has 0 saturated heterocycles. The highest BCUT2D eigenvalue weighted by molar-refractivity contribution is 5.62. The molecule has 0 spiro atoms. The maximum atomic E-state index is 3.57. The fourth-order valence-corrected chi connectivity index (χ4v) is 3.92. The highest BCUT2D eigenvalue weighted by Gasteiger charge is 2.36. The van der Waals surface area contributed by atoms with E-state index in [1.165, 1.54) is 42.6 Å². The molecular formula is C21H36N2. The van der Waals surface area contributed by atoms with Gasteiger partial charge >= 0.3 is 0 Å². The van der Waals surface area contributed by atoms with Gasteiger partial charge < -0.3 is 10.2 Å². The second-order valence-electron chi connectivity index (χ2n) is 8.30. The standard InChI is InChI=1S/C21H36N2/c1-8-9-10-23-20-11-16(4)18(14-22-15(2)3)12-19(20)17(5)13-21(23,6)7/h11-12,15,17,22H,8-10,13-14H2,1-7H3/t17-/m1/s1. The highest BCUT2D eigenvalue weighted by atomic mass is 15.2. The van der Waals surface area contributed by atoms with Crippen LogP contribution in [-0.4, -0.2) is 18.1 Å². The number of aryl methyl sites for hydroxylation is 1. The van der Waals surface area contributed by atoms with E-state index in [0.717, 1.165) is 6.54 Å². The number of hydrogen-bond acceptors (Lipinski definition) is 2. The predicted octanol–water partition coefficient (Wildman–Crippen LogP) is 5.39. The number of rotatable bonds is 6. The molecule has 130 valence electrons. The minimum atomic E-state index is 0.256. The molecule has 0 fully saturated rings. The normalized spacial score (nSPS) is 20.0. The van der Waals surface area contributed by atoms with Crippen LogP contribution in [0.4, 0.5) is 5.69 Å². The number of hydrogen-bond donors (Lipinski definition) is 1. The Bertz CT molecular complexity index is 531. The van der Waals surface area contributed by atoms with Gasteiger partial charge in [0, 0.05) is 30.4 Å². The number of benzene rings is 1. The van der Waals surface area contributed by atoms with Crippen molar-refractivity contribution < 1.29 is 0 Å². The average Bonchev–Trinajstić information content (AvgIpc) is 2.44. The maximum Gasteiger partial charge on any atom is 0.0408 e. The third-order valence-electron chi connectivity index (χ3n) is 5.28. The van der Waals surface area contributed by atoms with Gasteiger partial charge in [-0.3, -0.25) is 0 Å². The number of fused-ring (bicyclic) bond motifs is 1. The van der Waals surface area contributed by atoms with E-state index < -0.39 is 0 Å². The van der Waals surface area contributed by atoms with Crippen LogP contribution in [0.5, 0.6) is 0 Å². The molecule has 2 nitrogen and oxygen atoms in total. The zero-order chi connectivity index (χ0) is 17.2. The Morgan fingerprint density at radius 2 is 2.00 bits per heavy atom. The van der Waals surface area contributed by atoms with Crippen molar-refractivity contribution >= 4 is 5.69 Å². The Balaban J connectivity index is 2.38. The van der Waals surface area contributed by atoms with E-state index in [0.29, 0.717) is 12.0 Å². The largest absolute Gasteiger partial charge is 0.366 e. The summed E-state index contributed by atoms with van der Waals surface area (Å²) in [5.74, 6) is 0.635. The summed E-state index contributed by atoms with van der Waals surface area (Å²) in [6.45, 7) is 18.3. The summed E-state index contributed by atoms with van der Waals surface area (Å²) >= 11 is 0. The van der Waals surface area contributed by atoms with Crippen LogP contribution in [0, 0.1) is 6.92 Å². The predicted molar refractivity (Wildman–Crippen MR) is 103 cm³/mol. The zero-order valence-corrected chi connectivity index (χ0v) is 16.3. The van der Waals surface area contributed by atoms with E-state index in [1.807, 2.05) is 0 Å². The Morgan fingerprint density at radius 1 is 1.30 bits per heavy atom. The first-order valence-electron chi connectivity index (χ1n) is 9.40. The molecule has 2 heteroatoms. The number of anilines is 1. The molecule has 1 aromatic carbocycles. The molecule has 1 atom stereocenters. The second kappa shape index (κ2) is 7.25. The average molecular weight is 317 g/mol. The molecule has 1 N–H and O–H groups in total. The molecule has 23 heavy (non-hydrogen) atoms. The summed E-state index contributed by atoms with van der Waals surface area (Å²) in [5.41, 5.74) is 6.16. The Kier molecular flexibility index (Phi) is 5.78. The van der Waals surface area contributed by atoms with Crippen LogP contribution < -0.4 is 10.2 Å². The third-order valence-corrected chi connectivity index (χ3v) is 5.28. The van der Waals surface area contributed by atoms with E-state index in [4.69, 9.17) is 0 Å². The molecule has 0 bridgehead atoms. The van der Waals surface area contributed by atoms with Gasteiger partial charge in [-0.15, -0.1) is 0 Å². The number of unbranched alkanes of at least 4 members (excludes halogenated alkanes) is 1. The molecule has 2 rings (SSSR count). The van der Waals surface area contributed by atoms with Gasteiger partial charge in [0.2, 0.25) is 0 Å². The van der Waals surface area contributed by atoms with E-state index in [1.54, 1.807) is 5.56 Å². The lowest BCUT2D eigenvalue weighted by atomic mass is 9.79. The van der Waals surface area contributed by atoms with Crippen molar-refractivity contribution in [3.63, 3.8) is 0 Å².